The van der Waals surface area contributed by atoms with E-state index in [2.05, 4.69) is 53.7 Å². The molecule has 1 aromatic carbocycles. The summed E-state index contributed by atoms with van der Waals surface area (Å²) in [6.07, 6.45) is 0.379. The lowest BCUT2D eigenvalue weighted by Gasteiger charge is -2.23. The van der Waals surface area contributed by atoms with Gasteiger partial charge in [-0.2, -0.15) is 0 Å². The largest absolute Gasteiger partial charge is 0.353 e. The predicted molar refractivity (Wildman–Crippen MR) is 112 cm³/mol. The van der Waals surface area contributed by atoms with Crippen LogP contribution in [0.5, 0.6) is 0 Å². The quantitative estimate of drug-likeness (QED) is 0.443. The van der Waals surface area contributed by atoms with Crippen molar-refractivity contribution in [3.05, 3.63) is 28.8 Å². The fraction of sp³-hybridized carbons (Fsp3) is 0.727. The molecule has 0 spiro atoms. The van der Waals surface area contributed by atoms with Gasteiger partial charge in [0.05, 0.1) is 10.8 Å². The third kappa shape index (κ3) is 6.47. The summed E-state index contributed by atoms with van der Waals surface area (Å²) >= 11 is 0. The number of hydrogen-bond acceptors (Lipinski definition) is 3. The van der Waals surface area contributed by atoms with E-state index in [1.54, 1.807) is 0 Å². The lowest BCUT2D eigenvalue weighted by molar-refractivity contribution is -0.136. The van der Waals surface area contributed by atoms with Crippen molar-refractivity contribution in [2.75, 3.05) is 19.0 Å². The Morgan fingerprint density at radius 1 is 0.846 bits per heavy atom. The van der Waals surface area contributed by atoms with Gasteiger partial charge in [0, 0.05) is 30.3 Å². The highest BCUT2D eigenvalue weighted by molar-refractivity contribution is 7.85. The summed E-state index contributed by atoms with van der Waals surface area (Å²) in [6, 6.07) is 4.52. The first-order chi connectivity index (χ1) is 12.2. The van der Waals surface area contributed by atoms with Gasteiger partial charge in [-0.05, 0) is 48.3 Å². The van der Waals surface area contributed by atoms with Crippen molar-refractivity contribution in [2.24, 2.45) is 0 Å². The summed E-state index contributed by atoms with van der Waals surface area (Å²) in [7, 11) is -1.06. The molecule has 1 rings (SSSR count). The third-order valence-corrected chi connectivity index (χ3v) is 6.08. The highest BCUT2D eigenvalue weighted by Crippen LogP contribution is 2.34. The molecule has 0 heterocycles. The molecule has 0 aliphatic rings. The first-order valence-corrected chi connectivity index (χ1v) is 11.3. The molecule has 0 saturated carbocycles. The smallest absolute Gasteiger partial charge is 0.158 e. The van der Waals surface area contributed by atoms with Crippen LogP contribution in [0.1, 0.15) is 96.3 Å². The van der Waals surface area contributed by atoms with Crippen molar-refractivity contribution in [3.63, 3.8) is 0 Å². The minimum atomic E-state index is -1.06. The fourth-order valence-electron chi connectivity index (χ4n) is 3.04. The second kappa shape index (κ2) is 11.2. The summed E-state index contributed by atoms with van der Waals surface area (Å²) in [6.45, 7) is 18.3. The molecular formula is C22H38O3S. The Hall–Kier alpha value is -0.710. The number of rotatable bonds is 11. The zero-order chi connectivity index (χ0) is 19.9. The molecular weight excluding hydrogens is 344 g/mol. The van der Waals surface area contributed by atoms with Gasteiger partial charge in [0.2, 0.25) is 0 Å². The Morgan fingerprint density at radius 3 is 1.65 bits per heavy atom. The molecule has 3 nitrogen and oxygen atoms in total. The van der Waals surface area contributed by atoms with E-state index >= 15 is 0 Å². The van der Waals surface area contributed by atoms with Crippen LogP contribution in [0.15, 0.2) is 17.0 Å². The highest BCUT2D eigenvalue weighted by atomic mass is 32.2. The van der Waals surface area contributed by atoms with Gasteiger partial charge in [-0.15, -0.1) is 0 Å². The van der Waals surface area contributed by atoms with Crippen LogP contribution in [0.3, 0.4) is 0 Å². The number of hydrogen-bond donors (Lipinski definition) is 0. The number of ether oxygens (including phenoxy) is 2. The Labute approximate surface area is 163 Å². The van der Waals surface area contributed by atoms with Crippen molar-refractivity contribution in [1.29, 1.82) is 0 Å². The van der Waals surface area contributed by atoms with Crippen LogP contribution in [0.25, 0.3) is 0 Å². The van der Waals surface area contributed by atoms with E-state index in [0.717, 1.165) is 4.90 Å². The lowest BCUT2D eigenvalue weighted by atomic mass is 9.89. The van der Waals surface area contributed by atoms with Gasteiger partial charge in [-0.3, -0.25) is 4.21 Å². The summed E-state index contributed by atoms with van der Waals surface area (Å²) in [5.41, 5.74) is 3.78. The van der Waals surface area contributed by atoms with E-state index < -0.39 is 10.8 Å². The van der Waals surface area contributed by atoms with E-state index in [0.29, 0.717) is 43.1 Å². The molecule has 0 aliphatic carbocycles. The normalized spacial score (nSPS) is 13.4. The summed E-state index contributed by atoms with van der Waals surface area (Å²) in [5.74, 6) is 1.72. The van der Waals surface area contributed by atoms with Gasteiger partial charge in [0.25, 0.3) is 0 Å². The molecule has 0 aliphatic heterocycles. The minimum Gasteiger partial charge on any atom is -0.353 e. The predicted octanol–water partition coefficient (Wildman–Crippen LogP) is 5.95. The Kier molecular flexibility index (Phi) is 10.1. The second-order valence-corrected chi connectivity index (χ2v) is 9.18. The van der Waals surface area contributed by atoms with Crippen LogP contribution >= 0.6 is 0 Å². The van der Waals surface area contributed by atoms with Crippen molar-refractivity contribution in [2.45, 2.75) is 90.7 Å². The molecule has 4 heteroatoms. The zero-order valence-corrected chi connectivity index (χ0v) is 18.7. The minimum absolute atomic E-state index is 0.270. The average Bonchev–Trinajstić information content (AvgIpc) is 2.58. The van der Waals surface area contributed by atoms with Gasteiger partial charge in [-0.25, -0.2) is 0 Å². The van der Waals surface area contributed by atoms with Gasteiger partial charge in [-0.1, -0.05) is 53.7 Å². The van der Waals surface area contributed by atoms with Gasteiger partial charge >= 0.3 is 0 Å². The van der Waals surface area contributed by atoms with Gasteiger partial charge in [0.1, 0.15) is 0 Å². The maximum Gasteiger partial charge on any atom is 0.158 e. The average molecular weight is 383 g/mol. The van der Waals surface area contributed by atoms with Crippen LogP contribution < -0.4 is 0 Å². The van der Waals surface area contributed by atoms with Crippen LogP contribution in [0, 0.1) is 0 Å². The van der Waals surface area contributed by atoms with E-state index in [4.69, 9.17) is 9.47 Å². The van der Waals surface area contributed by atoms with Crippen molar-refractivity contribution < 1.29 is 13.7 Å². The molecule has 0 bridgehead atoms. The van der Waals surface area contributed by atoms with Gasteiger partial charge < -0.3 is 9.47 Å². The van der Waals surface area contributed by atoms with Crippen molar-refractivity contribution in [3.8, 4) is 0 Å². The molecule has 150 valence electrons. The molecule has 0 N–H and O–H groups in total. The molecule has 0 saturated heterocycles. The van der Waals surface area contributed by atoms with Crippen LogP contribution in [-0.4, -0.2) is 29.5 Å². The molecule has 1 aromatic rings. The number of benzene rings is 1. The molecule has 0 fully saturated rings. The van der Waals surface area contributed by atoms with E-state index in [1.807, 2.05) is 13.8 Å². The Bertz CT molecular complexity index is 544. The Balaban J connectivity index is 3.21. The van der Waals surface area contributed by atoms with Crippen molar-refractivity contribution in [1.82, 2.24) is 0 Å². The maximum absolute atomic E-state index is 13.3. The van der Waals surface area contributed by atoms with Gasteiger partial charge in [0.15, 0.2) is 6.29 Å². The SMILES string of the molecule is CCOC(CC[S@](=O)c1c(C(C)C)cc(C(C)C)cc1C(C)C)OCC. The summed E-state index contributed by atoms with van der Waals surface area (Å²) < 4.78 is 24.5. The summed E-state index contributed by atoms with van der Waals surface area (Å²) in [5, 5.41) is 0. The summed E-state index contributed by atoms with van der Waals surface area (Å²) in [4.78, 5) is 1.03. The molecule has 1 atom stereocenters. The van der Waals surface area contributed by atoms with Crippen molar-refractivity contribution >= 4 is 10.8 Å². The second-order valence-electron chi connectivity index (χ2n) is 7.67. The van der Waals surface area contributed by atoms with E-state index in [9.17, 15) is 4.21 Å². The monoisotopic (exact) mass is 382 g/mol. The fourth-order valence-corrected chi connectivity index (χ4v) is 4.77. The van der Waals surface area contributed by atoms with Crippen LogP contribution in [0.2, 0.25) is 0 Å². The zero-order valence-electron chi connectivity index (χ0n) is 17.9. The van der Waals surface area contributed by atoms with Crippen LogP contribution in [0.4, 0.5) is 0 Å². The highest BCUT2D eigenvalue weighted by Gasteiger charge is 2.22. The molecule has 26 heavy (non-hydrogen) atoms. The molecule has 0 amide bonds. The van der Waals surface area contributed by atoms with E-state index in [-0.39, 0.29) is 6.29 Å². The topological polar surface area (TPSA) is 35.5 Å². The lowest BCUT2D eigenvalue weighted by Crippen LogP contribution is -2.21. The van der Waals surface area contributed by atoms with Crippen LogP contribution in [-0.2, 0) is 20.3 Å². The third-order valence-electron chi connectivity index (χ3n) is 4.55. The standard InChI is InChI=1S/C22H38O3S/c1-9-24-21(25-10-2)11-12-26(23)22-19(16(5)6)13-18(15(3)4)14-20(22)17(7)8/h13-17,21H,9-12H2,1-8H3/t26-/m0/s1. The molecule has 0 radical (unpaired) electrons. The van der Waals surface area contributed by atoms with E-state index in [1.165, 1.54) is 16.7 Å². The molecule has 0 aromatic heterocycles. The Morgan fingerprint density at radius 2 is 1.31 bits per heavy atom. The maximum atomic E-state index is 13.3. The first-order valence-electron chi connectivity index (χ1n) is 10.0. The first kappa shape index (κ1) is 23.3. The molecule has 0 unspecified atom stereocenters.